The normalized spacial score (nSPS) is 12.4. The van der Waals surface area contributed by atoms with Gasteiger partial charge in [0.25, 0.3) is 0 Å². The lowest BCUT2D eigenvalue weighted by atomic mass is 10.00. The zero-order valence-electron chi connectivity index (χ0n) is 9.90. The molecular weight excluding hydrogens is 253 g/mol. The van der Waals surface area contributed by atoms with Crippen molar-refractivity contribution in [2.24, 2.45) is 0 Å². The fraction of sp³-hybridized carbons (Fsp3) is 0.231. The van der Waals surface area contributed by atoms with Gasteiger partial charge in [0.2, 0.25) is 0 Å². The van der Waals surface area contributed by atoms with Gasteiger partial charge in [-0.15, -0.1) is 0 Å². The molecule has 0 aliphatic heterocycles. The van der Waals surface area contributed by atoms with Crippen molar-refractivity contribution in [1.29, 1.82) is 0 Å². The van der Waals surface area contributed by atoms with E-state index in [2.05, 4.69) is 15.3 Å². The zero-order chi connectivity index (χ0) is 13.0. The van der Waals surface area contributed by atoms with Crippen molar-refractivity contribution in [3.63, 3.8) is 0 Å². The van der Waals surface area contributed by atoms with Gasteiger partial charge in [-0.1, -0.05) is 18.5 Å². The molecule has 0 saturated heterocycles. The van der Waals surface area contributed by atoms with E-state index >= 15 is 0 Å². The van der Waals surface area contributed by atoms with Gasteiger partial charge in [0.15, 0.2) is 0 Å². The van der Waals surface area contributed by atoms with E-state index in [9.17, 15) is 4.39 Å². The molecule has 0 bridgehead atoms. The molecule has 94 valence electrons. The molecule has 1 N–H and O–H groups in total. The highest BCUT2D eigenvalue weighted by Gasteiger charge is 2.19. The molecule has 5 heteroatoms. The maximum Gasteiger partial charge on any atom is 0.146 e. The van der Waals surface area contributed by atoms with Crippen molar-refractivity contribution in [2.45, 2.75) is 13.0 Å². The van der Waals surface area contributed by atoms with Gasteiger partial charge in [0.1, 0.15) is 5.82 Å². The fourth-order valence-electron chi connectivity index (χ4n) is 1.83. The van der Waals surface area contributed by atoms with E-state index in [1.165, 1.54) is 6.20 Å². The summed E-state index contributed by atoms with van der Waals surface area (Å²) in [4.78, 5) is 7.69. The Labute approximate surface area is 110 Å². The third-order valence-electron chi connectivity index (χ3n) is 2.64. The highest BCUT2D eigenvalue weighted by Crippen LogP contribution is 2.28. The summed E-state index contributed by atoms with van der Waals surface area (Å²) in [5, 5.41) is 3.73. The maximum atomic E-state index is 13.8. The SMILES string of the molecule is CCNC(c1ccncc1F)c1ccncc1Cl. The molecule has 0 fully saturated rings. The number of hydrogen-bond donors (Lipinski definition) is 1. The minimum atomic E-state index is -0.351. The molecule has 0 aliphatic rings. The van der Waals surface area contributed by atoms with Crippen molar-refractivity contribution >= 4 is 11.6 Å². The van der Waals surface area contributed by atoms with Crippen LogP contribution in [0.2, 0.25) is 5.02 Å². The molecule has 2 aromatic rings. The molecule has 1 unspecified atom stereocenters. The number of nitrogens with one attached hydrogen (secondary N) is 1. The van der Waals surface area contributed by atoms with Crippen LogP contribution in [0.4, 0.5) is 4.39 Å². The highest BCUT2D eigenvalue weighted by atomic mass is 35.5. The molecule has 0 amide bonds. The Morgan fingerprint density at radius 3 is 2.50 bits per heavy atom. The number of hydrogen-bond acceptors (Lipinski definition) is 3. The third kappa shape index (κ3) is 2.66. The summed E-state index contributed by atoms with van der Waals surface area (Å²) in [6.07, 6.45) is 5.97. The van der Waals surface area contributed by atoms with Gasteiger partial charge in [0.05, 0.1) is 17.3 Å². The van der Waals surface area contributed by atoms with Gasteiger partial charge in [-0.2, -0.15) is 0 Å². The number of halogens is 2. The third-order valence-corrected chi connectivity index (χ3v) is 2.95. The van der Waals surface area contributed by atoms with E-state index < -0.39 is 0 Å². The highest BCUT2D eigenvalue weighted by molar-refractivity contribution is 6.31. The van der Waals surface area contributed by atoms with Gasteiger partial charge in [-0.05, 0) is 24.2 Å². The lowest BCUT2D eigenvalue weighted by Crippen LogP contribution is -2.23. The Hall–Kier alpha value is -1.52. The molecule has 0 radical (unpaired) electrons. The summed E-state index contributed by atoms with van der Waals surface area (Å²) < 4.78 is 13.8. The van der Waals surface area contributed by atoms with Gasteiger partial charge in [-0.3, -0.25) is 9.97 Å². The number of nitrogens with zero attached hydrogens (tertiary/aromatic N) is 2. The van der Waals surface area contributed by atoms with Gasteiger partial charge < -0.3 is 5.32 Å². The molecule has 0 aliphatic carbocycles. The zero-order valence-corrected chi connectivity index (χ0v) is 10.7. The average Bonchev–Trinajstić information content (AvgIpc) is 2.38. The van der Waals surface area contributed by atoms with Crippen LogP contribution >= 0.6 is 11.6 Å². The number of aromatic nitrogens is 2. The molecule has 2 aromatic heterocycles. The van der Waals surface area contributed by atoms with Gasteiger partial charge >= 0.3 is 0 Å². The fourth-order valence-corrected chi connectivity index (χ4v) is 2.06. The summed E-state index contributed by atoms with van der Waals surface area (Å²) in [6, 6.07) is 3.14. The van der Waals surface area contributed by atoms with Crippen molar-refractivity contribution < 1.29 is 4.39 Å². The Bertz CT molecular complexity index is 488. The van der Waals surface area contributed by atoms with E-state index in [0.717, 1.165) is 5.56 Å². The quantitative estimate of drug-likeness (QED) is 0.924. The minimum absolute atomic E-state index is 0.298. The smallest absolute Gasteiger partial charge is 0.146 e. The molecule has 2 rings (SSSR count). The largest absolute Gasteiger partial charge is 0.306 e. The van der Waals surface area contributed by atoms with E-state index in [4.69, 9.17) is 11.6 Å². The predicted octanol–water partition coefficient (Wildman–Crippen LogP) is 2.97. The number of rotatable bonds is 4. The Balaban J connectivity index is 2.47. The van der Waals surface area contributed by atoms with Crippen molar-refractivity contribution in [1.82, 2.24) is 15.3 Å². The first-order chi connectivity index (χ1) is 8.74. The topological polar surface area (TPSA) is 37.8 Å². The maximum absolute atomic E-state index is 13.8. The molecule has 3 nitrogen and oxygen atoms in total. The van der Waals surface area contributed by atoms with Crippen LogP contribution < -0.4 is 5.32 Å². The summed E-state index contributed by atoms with van der Waals surface area (Å²) in [5.74, 6) is -0.351. The lowest BCUT2D eigenvalue weighted by Gasteiger charge is -2.20. The molecule has 2 heterocycles. The number of pyridine rings is 2. The summed E-state index contributed by atoms with van der Waals surface area (Å²) >= 11 is 6.12. The Morgan fingerprint density at radius 2 is 1.89 bits per heavy atom. The molecule has 0 spiro atoms. The van der Waals surface area contributed by atoms with Crippen LogP contribution in [0.25, 0.3) is 0 Å². The van der Waals surface area contributed by atoms with Crippen LogP contribution in [-0.2, 0) is 0 Å². The van der Waals surface area contributed by atoms with Crippen molar-refractivity contribution in [3.8, 4) is 0 Å². The van der Waals surface area contributed by atoms with E-state index in [0.29, 0.717) is 17.1 Å². The molecule has 0 aromatic carbocycles. The van der Waals surface area contributed by atoms with Crippen molar-refractivity contribution in [2.75, 3.05) is 6.54 Å². The minimum Gasteiger partial charge on any atom is -0.306 e. The second-order valence-corrected chi connectivity index (χ2v) is 4.19. The average molecular weight is 266 g/mol. The van der Waals surface area contributed by atoms with E-state index in [1.54, 1.807) is 30.7 Å². The van der Waals surface area contributed by atoms with E-state index in [1.807, 2.05) is 6.92 Å². The second kappa shape index (κ2) is 5.89. The summed E-state index contributed by atoms with van der Waals surface area (Å²) in [5.41, 5.74) is 1.33. The monoisotopic (exact) mass is 265 g/mol. The van der Waals surface area contributed by atoms with Crippen LogP contribution in [-0.4, -0.2) is 16.5 Å². The van der Waals surface area contributed by atoms with Crippen molar-refractivity contribution in [3.05, 3.63) is 58.9 Å². The van der Waals surface area contributed by atoms with Gasteiger partial charge in [0, 0.05) is 24.2 Å². The molecule has 0 saturated carbocycles. The second-order valence-electron chi connectivity index (χ2n) is 3.79. The van der Waals surface area contributed by atoms with Crippen LogP contribution in [0, 0.1) is 5.82 Å². The van der Waals surface area contributed by atoms with Crippen LogP contribution in [0.5, 0.6) is 0 Å². The van der Waals surface area contributed by atoms with E-state index in [-0.39, 0.29) is 11.9 Å². The van der Waals surface area contributed by atoms with Crippen LogP contribution in [0.15, 0.2) is 36.9 Å². The standard InChI is InChI=1S/C13H13ClFN3/c1-2-18-13(9-3-5-16-7-11(9)14)10-4-6-17-8-12(10)15/h3-8,13,18H,2H2,1H3. The predicted molar refractivity (Wildman–Crippen MR) is 69.0 cm³/mol. The molecule has 18 heavy (non-hydrogen) atoms. The van der Waals surface area contributed by atoms with Crippen LogP contribution in [0.1, 0.15) is 24.1 Å². The molecular formula is C13H13ClFN3. The first-order valence-corrected chi connectivity index (χ1v) is 6.04. The Kier molecular flexibility index (Phi) is 4.23. The van der Waals surface area contributed by atoms with Crippen LogP contribution in [0.3, 0.4) is 0 Å². The summed E-state index contributed by atoms with van der Waals surface area (Å²) in [6.45, 7) is 2.66. The lowest BCUT2D eigenvalue weighted by molar-refractivity contribution is 0.554. The summed E-state index contributed by atoms with van der Waals surface area (Å²) in [7, 11) is 0. The first kappa shape index (κ1) is 12.9. The first-order valence-electron chi connectivity index (χ1n) is 5.66. The molecule has 1 atom stereocenters. The Morgan fingerprint density at radius 1 is 1.22 bits per heavy atom. The van der Waals surface area contributed by atoms with Gasteiger partial charge in [-0.25, -0.2) is 4.39 Å².